The summed E-state index contributed by atoms with van der Waals surface area (Å²) in [6, 6.07) is 1.96. The summed E-state index contributed by atoms with van der Waals surface area (Å²) in [6.07, 6.45) is 0.319. The van der Waals surface area contributed by atoms with Crippen LogP contribution in [0.3, 0.4) is 0 Å². The number of imidazole rings is 1. The van der Waals surface area contributed by atoms with E-state index >= 15 is 0 Å². The molecule has 30 heteroatoms. The Morgan fingerprint density at radius 2 is 0.920 bits per heavy atom. The number of amides is 9. The van der Waals surface area contributed by atoms with Gasteiger partial charge in [-0.1, -0.05) is 56.7 Å². The van der Waals surface area contributed by atoms with E-state index in [-0.39, 0.29) is 55.9 Å². The van der Waals surface area contributed by atoms with E-state index in [2.05, 4.69) is 52.5 Å². The van der Waals surface area contributed by atoms with E-state index in [1.807, 2.05) is 0 Å². The number of carboxylic acids is 2. The Hall–Kier alpha value is -9.68. The molecule has 0 aliphatic carbocycles. The highest BCUT2D eigenvalue weighted by Crippen LogP contribution is 2.17. The van der Waals surface area contributed by atoms with Crippen molar-refractivity contribution < 1.29 is 83.4 Å². The van der Waals surface area contributed by atoms with Crippen molar-refractivity contribution in [1.82, 2.24) is 52.5 Å². The number of carboxylic acid groups (broad SMARTS) is 2. The van der Waals surface area contributed by atoms with Crippen LogP contribution in [0.1, 0.15) is 81.2 Å². The van der Waals surface area contributed by atoms with Crippen molar-refractivity contribution in [2.75, 3.05) is 13.2 Å². The summed E-state index contributed by atoms with van der Waals surface area (Å²) < 4.78 is 0. The number of phenolic OH excluding ortho intramolecular Hbond substituents is 3. The molecule has 30 nitrogen and oxygen atoms in total. The SMILES string of the molecule is CC[C@H](C)[C@H](NC(=O)[C@H](CC(N)=O)NC(=O)[C@H](Cc1ccc(O)cc1)NC(=O)[C@H](Cc1ccc(O)cc1)NC(=O)[C@H](CCC(=O)O)NC(=O)[C@H](CCCCN)NC(=O)[C@H](CO)NC(=O)[C@H](Cc1ccc(O)cc1)NC(=O)[C@@H](N)Cc1cnc[nH]1)C(=O)O. The van der Waals surface area contributed by atoms with Gasteiger partial charge in [0.1, 0.15) is 65.6 Å². The second kappa shape index (κ2) is 34.9. The number of aromatic amines is 1. The number of aliphatic carboxylic acids is 2. The Kier molecular flexibility index (Phi) is 28.0. The van der Waals surface area contributed by atoms with Crippen LogP contribution in [0.25, 0.3) is 0 Å². The average molecular weight is 1220 g/mol. The van der Waals surface area contributed by atoms with E-state index in [9.17, 15) is 83.4 Å². The second-order valence-electron chi connectivity index (χ2n) is 20.7. The molecule has 0 unspecified atom stereocenters. The molecular formula is C57H77N13O17. The van der Waals surface area contributed by atoms with Crippen molar-refractivity contribution in [2.45, 2.75) is 139 Å². The minimum absolute atomic E-state index is 0.00177. The van der Waals surface area contributed by atoms with Gasteiger partial charge < -0.3 is 95.4 Å². The summed E-state index contributed by atoms with van der Waals surface area (Å²) in [6.45, 7) is 2.32. The first-order valence-electron chi connectivity index (χ1n) is 27.8. The Morgan fingerprint density at radius 1 is 0.529 bits per heavy atom. The first-order valence-corrected chi connectivity index (χ1v) is 27.8. The average Bonchev–Trinajstić information content (AvgIpc) is 3.72. The standard InChI is InChI=1S/C57H77N13O17/c1-3-30(2)48(57(86)87)70-55(84)44(26-46(60)75)68-53(82)43(24-33-11-17-37(74)18-12-33)67-52(81)42(23-32-9-15-36(73)16-10-32)66-51(80)40(19-20-47(76)77)64-50(79)39(6-4-5-21-58)63-56(85)45(28-71)69-54(83)41(22-31-7-13-35(72)14-8-31)65-49(78)38(59)25-34-27-61-29-62-34/h7-18,27,29-30,38-45,48,71-74H,3-6,19-26,28,58-59H2,1-2H3,(H2,60,75)(H,61,62)(H,63,85)(H,64,79)(H,65,78)(H,66,80)(H,67,81)(H,68,82)(H,69,83)(H,70,84)(H,76,77)(H,86,87)/t30-,38-,39-,40-,41-,42-,43-,44-,45-,48-/m0/s1. The van der Waals surface area contributed by atoms with Crippen molar-refractivity contribution in [3.05, 3.63) is 108 Å². The summed E-state index contributed by atoms with van der Waals surface area (Å²) >= 11 is 0. The molecule has 4 rings (SSSR count). The molecule has 0 fully saturated rings. The van der Waals surface area contributed by atoms with Crippen molar-refractivity contribution in [3.63, 3.8) is 0 Å². The molecule has 4 aromatic rings. The number of H-pyrrole nitrogens is 1. The Balaban J connectivity index is 1.64. The highest BCUT2D eigenvalue weighted by molar-refractivity contribution is 5.99. The predicted molar refractivity (Wildman–Crippen MR) is 309 cm³/mol. The lowest BCUT2D eigenvalue weighted by Gasteiger charge is -2.28. The van der Waals surface area contributed by atoms with Gasteiger partial charge >= 0.3 is 11.9 Å². The monoisotopic (exact) mass is 1220 g/mol. The molecule has 0 saturated carbocycles. The number of aliphatic hydroxyl groups is 1. The maximum atomic E-state index is 14.6. The fourth-order valence-electron chi connectivity index (χ4n) is 8.71. The number of nitrogens with two attached hydrogens (primary N) is 3. The molecule has 0 bridgehead atoms. The zero-order chi connectivity index (χ0) is 64.3. The number of nitrogens with one attached hydrogen (secondary N) is 9. The largest absolute Gasteiger partial charge is 0.508 e. The molecule has 0 radical (unpaired) electrons. The van der Waals surface area contributed by atoms with Gasteiger partial charge in [-0.3, -0.25) is 47.9 Å². The summed E-state index contributed by atoms with van der Waals surface area (Å²) in [4.78, 5) is 156. The number of unbranched alkanes of at least 4 members (excludes halogenated alkanes) is 1. The van der Waals surface area contributed by atoms with E-state index in [1.54, 1.807) is 13.8 Å². The molecule has 21 N–H and O–H groups in total. The minimum atomic E-state index is -1.79. The number of hydrogen-bond acceptors (Lipinski definition) is 18. The summed E-state index contributed by atoms with van der Waals surface area (Å²) in [5, 5.41) is 79.5. The van der Waals surface area contributed by atoms with Gasteiger partial charge in [-0.25, -0.2) is 9.78 Å². The van der Waals surface area contributed by atoms with E-state index in [4.69, 9.17) is 17.2 Å². The molecular weight excluding hydrogens is 1140 g/mol. The second-order valence-corrected chi connectivity index (χ2v) is 20.7. The molecule has 0 saturated heterocycles. The zero-order valence-electron chi connectivity index (χ0n) is 47.9. The van der Waals surface area contributed by atoms with Crippen molar-refractivity contribution >= 4 is 65.1 Å². The smallest absolute Gasteiger partial charge is 0.326 e. The topological polar surface area (TPSA) is 512 Å². The lowest BCUT2D eigenvalue weighted by molar-refractivity contribution is -0.144. The third kappa shape index (κ3) is 23.7. The molecule has 0 aliphatic rings. The number of aromatic hydroxyl groups is 3. The molecule has 9 amide bonds. The summed E-state index contributed by atoms with van der Waals surface area (Å²) in [7, 11) is 0. The lowest BCUT2D eigenvalue weighted by atomic mass is 9.98. The van der Waals surface area contributed by atoms with E-state index in [0.29, 0.717) is 35.2 Å². The molecule has 3 aromatic carbocycles. The molecule has 0 aliphatic heterocycles. The summed E-state index contributed by atoms with van der Waals surface area (Å²) in [5.41, 5.74) is 18.9. The maximum Gasteiger partial charge on any atom is 0.326 e. The number of aliphatic hydroxyl groups excluding tert-OH is 1. The maximum absolute atomic E-state index is 14.6. The van der Waals surface area contributed by atoms with Crippen LogP contribution in [0.4, 0.5) is 0 Å². The third-order valence-corrected chi connectivity index (χ3v) is 13.8. The Bertz CT molecular complexity index is 2970. The highest BCUT2D eigenvalue weighted by Gasteiger charge is 2.36. The van der Waals surface area contributed by atoms with E-state index in [1.165, 1.54) is 85.3 Å². The van der Waals surface area contributed by atoms with Crippen LogP contribution in [0, 0.1) is 5.92 Å². The van der Waals surface area contributed by atoms with E-state index in [0.717, 1.165) is 0 Å². The van der Waals surface area contributed by atoms with Crippen molar-refractivity contribution in [3.8, 4) is 17.2 Å². The number of nitrogens with zero attached hydrogens (tertiary/aromatic N) is 1. The van der Waals surface area contributed by atoms with Crippen molar-refractivity contribution in [2.24, 2.45) is 23.1 Å². The van der Waals surface area contributed by atoms with Crippen LogP contribution < -0.4 is 59.7 Å². The minimum Gasteiger partial charge on any atom is -0.508 e. The number of carbonyl (C=O) groups excluding carboxylic acids is 9. The zero-order valence-corrected chi connectivity index (χ0v) is 47.9. The van der Waals surface area contributed by atoms with Crippen LogP contribution >= 0.6 is 0 Å². The van der Waals surface area contributed by atoms with Gasteiger partial charge in [0.15, 0.2) is 0 Å². The van der Waals surface area contributed by atoms with Crippen LogP contribution in [0.2, 0.25) is 0 Å². The third-order valence-electron chi connectivity index (χ3n) is 13.8. The van der Waals surface area contributed by atoms with Gasteiger partial charge in [0.25, 0.3) is 0 Å². The van der Waals surface area contributed by atoms with Crippen molar-refractivity contribution in [1.29, 1.82) is 0 Å². The molecule has 0 spiro atoms. The Morgan fingerprint density at radius 3 is 1.31 bits per heavy atom. The number of phenols is 3. The van der Waals surface area contributed by atoms with Gasteiger partial charge in [0.05, 0.1) is 25.4 Å². The van der Waals surface area contributed by atoms with Crippen LogP contribution in [-0.2, 0) is 78.4 Å². The fourth-order valence-corrected chi connectivity index (χ4v) is 8.71. The number of hydrogen-bond donors (Lipinski definition) is 18. The van der Waals surface area contributed by atoms with Crippen LogP contribution in [0.5, 0.6) is 17.2 Å². The van der Waals surface area contributed by atoms with Crippen LogP contribution in [-0.4, -0.2) is 173 Å². The molecule has 1 heterocycles. The number of carbonyl (C=O) groups is 11. The van der Waals surface area contributed by atoms with Gasteiger partial charge in [-0.15, -0.1) is 0 Å². The van der Waals surface area contributed by atoms with E-state index < -0.39 is 158 Å². The molecule has 10 atom stereocenters. The Labute approximate surface area is 499 Å². The first kappa shape index (κ1) is 69.8. The van der Waals surface area contributed by atoms with Crippen LogP contribution in [0.15, 0.2) is 85.3 Å². The number of primary amides is 1. The predicted octanol–water partition coefficient (Wildman–Crippen LogP) is -3.01. The molecule has 87 heavy (non-hydrogen) atoms. The lowest BCUT2D eigenvalue weighted by Crippen LogP contribution is -2.61. The van der Waals surface area contributed by atoms with Gasteiger partial charge in [-0.2, -0.15) is 0 Å². The van der Waals surface area contributed by atoms with Gasteiger partial charge in [0, 0.05) is 44.0 Å². The van der Waals surface area contributed by atoms with Gasteiger partial charge in [0.2, 0.25) is 53.2 Å². The number of aromatic nitrogens is 2. The normalized spacial score (nSPS) is 14.5. The number of rotatable bonds is 37. The highest BCUT2D eigenvalue weighted by atomic mass is 16.4. The first-order chi connectivity index (χ1) is 41.3. The molecule has 472 valence electrons. The molecule has 1 aromatic heterocycles. The number of benzene rings is 3. The fraction of sp³-hybridized carbons (Fsp3) is 0.439. The summed E-state index contributed by atoms with van der Waals surface area (Å²) in [5.74, 6) is -13.3. The quantitative estimate of drug-likeness (QED) is 0.0200. The van der Waals surface area contributed by atoms with Gasteiger partial charge in [-0.05, 0) is 91.2 Å².